The highest BCUT2D eigenvalue weighted by Crippen LogP contribution is 2.34. The number of carbonyl (C=O) groups is 2. The van der Waals surface area contributed by atoms with Gasteiger partial charge in [-0.2, -0.15) is 0 Å². The third kappa shape index (κ3) is 4.09. The maximum atomic E-state index is 14.4. The number of carbonyl (C=O) groups excluding carboxylic acids is 2. The van der Waals surface area contributed by atoms with Gasteiger partial charge < -0.3 is 13.9 Å². The molecule has 4 rings (SSSR count). The molecule has 9 heteroatoms. The van der Waals surface area contributed by atoms with Gasteiger partial charge in [0.25, 0.3) is 0 Å². The molecule has 0 N–H and O–H groups in total. The number of para-hydroxylation sites is 2. The van der Waals surface area contributed by atoms with E-state index < -0.39 is 23.5 Å². The van der Waals surface area contributed by atoms with Gasteiger partial charge in [0, 0.05) is 22.2 Å². The minimum absolute atomic E-state index is 0.0676. The molecule has 4 aromatic rings. The van der Waals surface area contributed by atoms with E-state index in [0.29, 0.717) is 15.8 Å². The number of thiophene rings is 1. The van der Waals surface area contributed by atoms with Gasteiger partial charge in [-0.3, -0.25) is 9.36 Å². The first kappa shape index (κ1) is 20.8. The lowest BCUT2D eigenvalue weighted by Gasteiger charge is -2.08. The zero-order valence-corrected chi connectivity index (χ0v) is 17.4. The number of fused-ring (bicyclic) bond motifs is 2. The van der Waals surface area contributed by atoms with Crippen molar-refractivity contribution in [2.45, 2.75) is 26.5 Å². The fourth-order valence-electron chi connectivity index (χ4n) is 3.32. The van der Waals surface area contributed by atoms with E-state index in [4.69, 9.17) is 13.9 Å². The fourth-order valence-corrected chi connectivity index (χ4v) is 4.44. The molecule has 160 valence electrons. The number of nitrogens with zero attached hydrogens (tertiary/aromatic N) is 1. The summed E-state index contributed by atoms with van der Waals surface area (Å²) in [7, 11) is 0. The third-order valence-corrected chi connectivity index (χ3v) is 5.89. The van der Waals surface area contributed by atoms with Crippen LogP contribution in [0.2, 0.25) is 0 Å². The topological polar surface area (TPSA) is 87.7 Å². The molecular formula is C22H18FNO6S. The Morgan fingerprint density at radius 3 is 2.74 bits per heavy atom. The molecule has 0 fully saturated rings. The standard InChI is InChI=1S/C22H18FNO6S/c1-2-28-21(26)20-13(19-14(23)6-5-9-17(19)31-20)12-29-18(25)10-11-24-15-7-3-4-8-16(15)30-22(24)27/h3-9H,2,10-12H2,1H3. The number of benzene rings is 2. The van der Waals surface area contributed by atoms with Crippen LogP contribution >= 0.6 is 11.3 Å². The normalized spacial score (nSPS) is 11.2. The Kier molecular flexibility index (Phi) is 5.85. The van der Waals surface area contributed by atoms with Crippen molar-refractivity contribution in [3.63, 3.8) is 0 Å². The van der Waals surface area contributed by atoms with Gasteiger partial charge in [0.1, 0.15) is 17.3 Å². The molecule has 7 nitrogen and oxygen atoms in total. The number of hydrogen-bond donors (Lipinski definition) is 0. The van der Waals surface area contributed by atoms with Crippen molar-refractivity contribution in [2.75, 3.05) is 6.61 Å². The van der Waals surface area contributed by atoms with E-state index in [-0.39, 0.29) is 42.0 Å². The lowest BCUT2D eigenvalue weighted by Crippen LogP contribution is -2.17. The molecule has 0 aliphatic rings. The van der Waals surface area contributed by atoms with E-state index in [9.17, 15) is 18.8 Å². The number of halogens is 1. The van der Waals surface area contributed by atoms with Crippen LogP contribution < -0.4 is 5.76 Å². The van der Waals surface area contributed by atoms with Crippen LogP contribution in [0.5, 0.6) is 0 Å². The number of rotatable bonds is 7. The smallest absolute Gasteiger partial charge is 0.419 e. The van der Waals surface area contributed by atoms with E-state index in [0.717, 1.165) is 11.3 Å². The Hall–Kier alpha value is -3.46. The molecule has 2 aromatic heterocycles. The number of aromatic nitrogens is 1. The molecular weight excluding hydrogens is 425 g/mol. The molecule has 0 aliphatic heterocycles. The van der Waals surface area contributed by atoms with Crippen LogP contribution in [0.25, 0.3) is 21.2 Å². The minimum Gasteiger partial charge on any atom is -0.462 e. The predicted molar refractivity (Wildman–Crippen MR) is 113 cm³/mol. The second kappa shape index (κ2) is 8.73. The summed E-state index contributed by atoms with van der Waals surface area (Å²) in [5.41, 5.74) is 1.28. The number of esters is 2. The van der Waals surface area contributed by atoms with Gasteiger partial charge >= 0.3 is 17.7 Å². The van der Waals surface area contributed by atoms with E-state index in [2.05, 4.69) is 0 Å². The van der Waals surface area contributed by atoms with Crippen LogP contribution in [0.4, 0.5) is 4.39 Å². The summed E-state index contributed by atoms with van der Waals surface area (Å²) in [6.45, 7) is 1.63. The Morgan fingerprint density at radius 1 is 1.13 bits per heavy atom. The zero-order valence-electron chi connectivity index (χ0n) is 16.6. The highest BCUT2D eigenvalue weighted by atomic mass is 32.1. The van der Waals surface area contributed by atoms with Crippen LogP contribution in [0.3, 0.4) is 0 Å². The molecule has 0 bridgehead atoms. The highest BCUT2D eigenvalue weighted by Gasteiger charge is 2.23. The van der Waals surface area contributed by atoms with E-state index in [1.54, 1.807) is 43.3 Å². The minimum atomic E-state index is -0.595. The second-order valence-electron chi connectivity index (χ2n) is 6.64. The van der Waals surface area contributed by atoms with Crippen LogP contribution in [0.15, 0.2) is 51.7 Å². The Morgan fingerprint density at radius 2 is 1.94 bits per heavy atom. The molecule has 0 unspecified atom stereocenters. The molecule has 0 amide bonds. The highest BCUT2D eigenvalue weighted by molar-refractivity contribution is 7.21. The summed E-state index contributed by atoms with van der Waals surface area (Å²) < 4.78 is 31.8. The van der Waals surface area contributed by atoms with Crippen molar-refractivity contribution < 1.29 is 27.9 Å². The van der Waals surface area contributed by atoms with E-state index >= 15 is 0 Å². The monoisotopic (exact) mass is 443 g/mol. The van der Waals surface area contributed by atoms with Gasteiger partial charge in [-0.25, -0.2) is 14.0 Å². The summed E-state index contributed by atoms with van der Waals surface area (Å²) in [5.74, 6) is -2.26. The van der Waals surface area contributed by atoms with Crippen molar-refractivity contribution in [3.8, 4) is 0 Å². The van der Waals surface area contributed by atoms with Gasteiger partial charge in [0.15, 0.2) is 5.58 Å². The molecule has 0 spiro atoms. The SMILES string of the molecule is CCOC(=O)c1sc2cccc(F)c2c1COC(=O)CCn1c(=O)oc2ccccc21. The number of aryl methyl sites for hydroxylation is 1. The lowest BCUT2D eigenvalue weighted by molar-refractivity contribution is -0.145. The summed E-state index contributed by atoms with van der Waals surface area (Å²) in [6, 6.07) is 11.4. The first-order chi connectivity index (χ1) is 15.0. The van der Waals surface area contributed by atoms with Gasteiger partial charge in [0.05, 0.1) is 18.5 Å². The van der Waals surface area contributed by atoms with Crippen LogP contribution in [0, 0.1) is 5.82 Å². The van der Waals surface area contributed by atoms with Crippen molar-refractivity contribution in [1.82, 2.24) is 4.57 Å². The molecule has 2 heterocycles. The number of ether oxygens (including phenoxy) is 2. The average molecular weight is 443 g/mol. The van der Waals surface area contributed by atoms with Gasteiger partial charge in [-0.1, -0.05) is 18.2 Å². The quantitative estimate of drug-likeness (QED) is 0.397. The predicted octanol–water partition coefficient (Wildman–Crippen LogP) is 4.26. The lowest BCUT2D eigenvalue weighted by atomic mass is 10.1. The molecule has 31 heavy (non-hydrogen) atoms. The summed E-state index contributed by atoms with van der Waals surface area (Å²) in [6.07, 6.45) is -0.0945. The molecule has 0 atom stereocenters. The number of hydrogen-bond acceptors (Lipinski definition) is 7. The zero-order chi connectivity index (χ0) is 22.0. The van der Waals surface area contributed by atoms with Gasteiger partial charge in [-0.05, 0) is 31.2 Å². The summed E-state index contributed by atoms with van der Waals surface area (Å²) in [4.78, 5) is 36.9. The van der Waals surface area contributed by atoms with Crippen LogP contribution in [-0.2, 0) is 27.4 Å². The van der Waals surface area contributed by atoms with Crippen molar-refractivity contribution in [3.05, 3.63) is 69.3 Å². The van der Waals surface area contributed by atoms with Gasteiger partial charge in [0.2, 0.25) is 0 Å². The Balaban J connectivity index is 1.51. The molecule has 0 saturated carbocycles. The molecule has 0 aliphatic carbocycles. The summed E-state index contributed by atoms with van der Waals surface area (Å²) in [5, 5.41) is 0.236. The van der Waals surface area contributed by atoms with Crippen LogP contribution in [-0.4, -0.2) is 23.1 Å². The second-order valence-corrected chi connectivity index (χ2v) is 7.69. The largest absolute Gasteiger partial charge is 0.462 e. The van der Waals surface area contributed by atoms with E-state index in [1.807, 2.05) is 0 Å². The Bertz CT molecular complexity index is 1340. The number of oxazole rings is 1. The molecule has 2 aromatic carbocycles. The maximum absolute atomic E-state index is 14.4. The molecule has 0 saturated heterocycles. The first-order valence-corrected chi connectivity index (χ1v) is 10.4. The molecule has 0 radical (unpaired) electrons. The first-order valence-electron chi connectivity index (χ1n) is 9.60. The fraction of sp³-hybridized carbons (Fsp3) is 0.227. The van der Waals surface area contributed by atoms with Crippen molar-refractivity contribution in [2.24, 2.45) is 0 Å². The maximum Gasteiger partial charge on any atom is 0.419 e. The Labute approximate surface area is 179 Å². The average Bonchev–Trinajstić information content (AvgIpc) is 3.28. The summed E-state index contributed by atoms with van der Waals surface area (Å²) >= 11 is 1.09. The van der Waals surface area contributed by atoms with E-state index in [1.165, 1.54) is 10.6 Å². The van der Waals surface area contributed by atoms with Crippen LogP contribution in [0.1, 0.15) is 28.6 Å². The van der Waals surface area contributed by atoms with Crippen molar-refractivity contribution in [1.29, 1.82) is 0 Å². The van der Waals surface area contributed by atoms with Crippen molar-refractivity contribution >= 4 is 44.5 Å². The third-order valence-electron chi connectivity index (χ3n) is 4.71. The van der Waals surface area contributed by atoms with Gasteiger partial charge in [-0.15, -0.1) is 11.3 Å².